The minimum atomic E-state index is -1.11. The van der Waals surface area contributed by atoms with Gasteiger partial charge in [-0.3, -0.25) is 4.79 Å². The van der Waals surface area contributed by atoms with Crippen molar-refractivity contribution in [3.05, 3.63) is 35.9 Å². The Balaban J connectivity index is 2.09. The number of carboxylic acid groups (broad SMARTS) is 1. The van der Waals surface area contributed by atoms with Gasteiger partial charge in [-0.2, -0.15) is 0 Å². The van der Waals surface area contributed by atoms with Crippen LogP contribution < -0.4 is 5.11 Å². The molecule has 0 N–H and O–H groups in total. The molecule has 2 atom stereocenters. The predicted molar refractivity (Wildman–Crippen MR) is 47.4 cm³/mol. The second-order valence-corrected chi connectivity index (χ2v) is 3.50. The SMILES string of the molecule is O=C([O-])[C@H]1C[C@H]1C(=O)c1ccccc1. The number of rotatable bonds is 3. The van der Waals surface area contributed by atoms with Crippen molar-refractivity contribution < 1.29 is 14.7 Å². The van der Waals surface area contributed by atoms with Crippen molar-refractivity contribution in [2.45, 2.75) is 6.42 Å². The Morgan fingerprint density at radius 2 is 1.79 bits per heavy atom. The van der Waals surface area contributed by atoms with Gasteiger partial charge in [-0.1, -0.05) is 30.3 Å². The fourth-order valence-corrected chi connectivity index (χ4v) is 1.56. The molecule has 2 rings (SSSR count). The maximum Gasteiger partial charge on any atom is 0.166 e. The highest BCUT2D eigenvalue weighted by Gasteiger charge is 2.43. The van der Waals surface area contributed by atoms with E-state index < -0.39 is 11.9 Å². The largest absolute Gasteiger partial charge is 0.550 e. The minimum absolute atomic E-state index is 0.0835. The van der Waals surface area contributed by atoms with Crippen molar-refractivity contribution in [2.75, 3.05) is 0 Å². The highest BCUT2D eigenvalue weighted by molar-refractivity contribution is 6.02. The molecule has 1 aromatic rings. The van der Waals surface area contributed by atoms with E-state index in [0.29, 0.717) is 12.0 Å². The number of hydrogen-bond acceptors (Lipinski definition) is 3. The summed E-state index contributed by atoms with van der Waals surface area (Å²) < 4.78 is 0. The summed E-state index contributed by atoms with van der Waals surface area (Å²) in [6.07, 6.45) is 0.427. The lowest BCUT2D eigenvalue weighted by molar-refractivity contribution is -0.308. The normalized spacial score (nSPS) is 24.3. The lowest BCUT2D eigenvalue weighted by Gasteiger charge is -2.00. The molecule has 0 saturated heterocycles. The summed E-state index contributed by atoms with van der Waals surface area (Å²) in [4.78, 5) is 22.1. The van der Waals surface area contributed by atoms with E-state index in [0.717, 1.165) is 0 Å². The third kappa shape index (κ3) is 1.53. The van der Waals surface area contributed by atoms with Crippen molar-refractivity contribution in [1.29, 1.82) is 0 Å². The Morgan fingerprint density at radius 3 is 2.29 bits per heavy atom. The quantitative estimate of drug-likeness (QED) is 0.640. The number of benzene rings is 1. The predicted octanol–water partition coefficient (Wildman–Crippen LogP) is 0.255. The molecule has 0 heterocycles. The summed E-state index contributed by atoms with van der Waals surface area (Å²) >= 11 is 0. The molecule has 1 aromatic carbocycles. The van der Waals surface area contributed by atoms with E-state index in [1.54, 1.807) is 24.3 Å². The van der Waals surface area contributed by atoms with E-state index in [4.69, 9.17) is 0 Å². The molecule has 0 spiro atoms. The molecule has 0 radical (unpaired) electrons. The zero-order chi connectivity index (χ0) is 10.1. The second kappa shape index (κ2) is 3.25. The Bertz CT molecular complexity index is 369. The van der Waals surface area contributed by atoms with Crippen molar-refractivity contribution >= 4 is 11.8 Å². The van der Waals surface area contributed by atoms with Gasteiger partial charge >= 0.3 is 0 Å². The summed E-state index contributed by atoms with van der Waals surface area (Å²) in [5.74, 6) is -2.12. The van der Waals surface area contributed by atoms with Gasteiger partial charge in [0.1, 0.15) is 0 Å². The monoisotopic (exact) mass is 189 g/mol. The van der Waals surface area contributed by atoms with Crippen LogP contribution >= 0.6 is 0 Å². The van der Waals surface area contributed by atoms with Crippen molar-refractivity contribution in [3.8, 4) is 0 Å². The fraction of sp³-hybridized carbons (Fsp3) is 0.273. The molecular formula is C11H9O3-. The van der Waals surface area contributed by atoms with Gasteiger partial charge in [0.2, 0.25) is 0 Å². The molecule has 1 saturated carbocycles. The van der Waals surface area contributed by atoms with Crippen LogP contribution in [0.1, 0.15) is 16.8 Å². The number of ketones is 1. The van der Waals surface area contributed by atoms with Gasteiger partial charge in [0.05, 0.1) is 0 Å². The molecule has 0 bridgehead atoms. The van der Waals surface area contributed by atoms with E-state index in [1.165, 1.54) is 0 Å². The van der Waals surface area contributed by atoms with Crippen molar-refractivity contribution in [2.24, 2.45) is 11.8 Å². The molecule has 3 heteroatoms. The third-order valence-electron chi connectivity index (χ3n) is 2.49. The summed E-state index contributed by atoms with van der Waals surface area (Å²) in [6.45, 7) is 0. The van der Waals surface area contributed by atoms with Crippen LogP contribution in [0.2, 0.25) is 0 Å². The maximum atomic E-state index is 11.6. The minimum Gasteiger partial charge on any atom is -0.550 e. The van der Waals surface area contributed by atoms with Crippen LogP contribution in [0.4, 0.5) is 0 Å². The number of carbonyl (C=O) groups excluding carboxylic acids is 2. The smallest absolute Gasteiger partial charge is 0.166 e. The molecule has 0 unspecified atom stereocenters. The number of aliphatic carboxylic acids is 1. The van der Waals surface area contributed by atoms with Gasteiger partial charge in [0.15, 0.2) is 5.78 Å². The fourth-order valence-electron chi connectivity index (χ4n) is 1.56. The first-order valence-electron chi connectivity index (χ1n) is 4.50. The van der Waals surface area contributed by atoms with Crippen LogP contribution in [0, 0.1) is 11.8 Å². The lowest BCUT2D eigenvalue weighted by atomic mass is 10.1. The van der Waals surface area contributed by atoms with Gasteiger partial charge < -0.3 is 9.90 Å². The second-order valence-electron chi connectivity index (χ2n) is 3.50. The van der Waals surface area contributed by atoms with Gasteiger partial charge in [0.25, 0.3) is 0 Å². The third-order valence-corrected chi connectivity index (χ3v) is 2.49. The van der Waals surface area contributed by atoms with Crippen LogP contribution in [0.5, 0.6) is 0 Å². The summed E-state index contributed by atoms with van der Waals surface area (Å²) in [7, 11) is 0. The van der Waals surface area contributed by atoms with Crippen LogP contribution in [0.25, 0.3) is 0 Å². The summed E-state index contributed by atoms with van der Waals surface area (Å²) in [5, 5.41) is 10.4. The van der Waals surface area contributed by atoms with E-state index in [1.807, 2.05) is 6.07 Å². The van der Waals surface area contributed by atoms with Crippen molar-refractivity contribution in [3.63, 3.8) is 0 Å². The standard InChI is InChI=1S/C11H10O3/c12-10(7-4-2-1-3-5-7)8-6-9(8)11(13)14/h1-5,8-9H,6H2,(H,13,14)/p-1/t8-,9+/m1/s1. The van der Waals surface area contributed by atoms with E-state index in [-0.39, 0.29) is 11.7 Å². The highest BCUT2D eigenvalue weighted by Crippen LogP contribution is 2.40. The molecule has 0 amide bonds. The first-order valence-corrected chi connectivity index (χ1v) is 4.50. The van der Waals surface area contributed by atoms with Gasteiger partial charge in [-0.05, 0) is 6.42 Å². The number of Topliss-reactive ketones (excluding diaryl/α,β-unsaturated/α-hetero) is 1. The van der Waals surface area contributed by atoms with Crippen molar-refractivity contribution in [1.82, 2.24) is 0 Å². The molecule has 72 valence electrons. The average Bonchev–Trinajstić information content (AvgIpc) is 2.97. The Kier molecular flexibility index (Phi) is 2.08. The molecular weight excluding hydrogens is 180 g/mol. The molecule has 0 aliphatic heterocycles. The Hall–Kier alpha value is -1.64. The highest BCUT2D eigenvalue weighted by atomic mass is 16.4. The number of carboxylic acids is 1. The maximum absolute atomic E-state index is 11.6. The average molecular weight is 189 g/mol. The zero-order valence-corrected chi connectivity index (χ0v) is 7.47. The Morgan fingerprint density at radius 1 is 1.14 bits per heavy atom. The topological polar surface area (TPSA) is 57.2 Å². The Labute approximate surface area is 81.4 Å². The van der Waals surface area contributed by atoms with E-state index in [2.05, 4.69) is 0 Å². The lowest BCUT2D eigenvalue weighted by Crippen LogP contribution is -2.26. The van der Waals surface area contributed by atoms with Crippen LogP contribution in [0.3, 0.4) is 0 Å². The number of carbonyl (C=O) groups is 2. The van der Waals surface area contributed by atoms with Crippen LogP contribution in [-0.2, 0) is 4.79 Å². The molecule has 14 heavy (non-hydrogen) atoms. The molecule has 3 nitrogen and oxygen atoms in total. The zero-order valence-electron chi connectivity index (χ0n) is 7.47. The molecule has 1 fully saturated rings. The first-order chi connectivity index (χ1) is 6.70. The van der Waals surface area contributed by atoms with Gasteiger partial charge in [0, 0.05) is 23.4 Å². The van der Waals surface area contributed by atoms with Gasteiger partial charge in [-0.25, -0.2) is 0 Å². The summed E-state index contributed by atoms with van der Waals surface area (Å²) in [6, 6.07) is 8.76. The van der Waals surface area contributed by atoms with Gasteiger partial charge in [-0.15, -0.1) is 0 Å². The van der Waals surface area contributed by atoms with Crippen LogP contribution in [-0.4, -0.2) is 11.8 Å². The molecule has 1 aliphatic carbocycles. The van der Waals surface area contributed by atoms with E-state index >= 15 is 0 Å². The van der Waals surface area contributed by atoms with E-state index in [9.17, 15) is 14.7 Å². The number of hydrogen-bond donors (Lipinski definition) is 0. The summed E-state index contributed by atoms with van der Waals surface area (Å²) in [5.41, 5.74) is 0.584. The van der Waals surface area contributed by atoms with Crippen LogP contribution in [0.15, 0.2) is 30.3 Å². The molecule has 0 aromatic heterocycles. The first kappa shape index (κ1) is 8.94. The molecule has 1 aliphatic rings.